The maximum absolute atomic E-state index is 13.1. The standard InChI is InChI=1S/C23H23F2N3O5/c1-22(2,31)19-14-16(7-8-26-19)21(30)28-11-9-27(10-12-28)20(29)6-4-15-3-5-17-18(13-15)33-23(24,25)32-17/h3-8,13-14,31H,9-12H2,1-2H3/b6-4+. The van der Waals surface area contributed by atoms with Gasteiger partial charge in [-0.2, -0.15) is 0 Å². The number of alkyl halides is 2. The summed E-state index contributed by atoms with van der Waals surface area (Å²) in [5.41, 5.74) is 0.180. The minimum atomic E-state index is -3.69. The lowest BCUT2D eigenvalue weighted by molar-refractivity contribution is -0.286. The zero-order valence-electron chi connectivity index (χ0n) is 18.1. The van der Waals surface area contributed by atoms with E-state index in [4.69, 9.17) is 0 Å². The Morgan fingerprint density at radius 2 is 1.73 bits per heavy atom. The molecule has 33 heavy (non-hydrogen) atoms. The van der Waals surface area contributed by atoms with Gasteiger partial charge in [0, 0.05) is 44.0 Å². The minimum absolute atomic E-state index is 0.0619. The topological polar surface area (TPSA) is 92.2 Å². The number of piperazine rings is 1. The number of nitrogens with zero attached hydrogens (tertiary/aromatic N) is 3. The predicted octanol–water partition coefficient (Wildman–Crippen LogP) is 2.63. The van der Waals surface area contributed by atoms with E-state index in [2.05, 4.69) is 14.5 Å². The number of benzene rings is 1. The van der Waals surface area contributed by atoms with Gasteiger partial charge in [0.25, 0.3) is 5.91 Å². The highest BCUT2D eigenvalue weighted by Crippen LogP contribution is 2.41. The van der Waals surface area contributed by atoms with E-state index in [1.165, 1.54) is 30.5 Å². The van der Waals surface area contributed by atoms with Crippen LogP contribution in [0.5, 0.6) is 11.5 Å². The van der Waals surface area contributed by atoms with Crippen LogP contribution in [0.1, 0.15) is 35.5 Å². The van der Waals surface area contributed by atoms with Gasteiger partial charge >= 0.3 is 6.29 Å². The second-order valence-corrected chi connectivity index (χ2v) is 8.31. The summed E-state index contributed by atoms with van der Waals surface area (Å²) in [7, 11) is 0. The Kier molecular flexibility index (Phi) is 5.79. The first kappa shape index (κ1) is 22.7. The number of rotatable bonds is 4. The van der Waals surface area contributed by atoms with Crippen LogP contribution in [0.15, 0.2) is 42.6 Å². The fraction of sp³-hybridized carbons (Fsp3) is 0.348. The zero-order valence-corrected chi connectivity index (χ0v) is 18.1. The summed E-state index contributed by atoms with van der Waals surface area (Å²) in [5, 5.41) is 10.1. The number of hydrogen-bond acceptors (Lipinski definition) is 6. The number of hydrogen-bond donors (Lipinski definition) is 1. The molecule has 0 unspecified atom stereocenters. The van der Waals surface area contributed by atoms with Crippen molar-refractivity contribution in [2.75, 3.05) is 26.2 Å². The second kappa shape index (κ2) is 8.43. The van der Waals surface area contributed by atoms with Crippen molar-refractivity contribution in [1.82, 2.24) is 14.8 Å². The van der Waals surface area contributed by atoms with E-state index in [0.717, 1.165) is 0 Å². The smallest absolute Gasteiger partial charge is 0.395 e. The van der Waals surface area contributed by atoms with Crippen LogP contribution in [0.4, 0.5) is 8.78 Å². The molecule has 2 amide bonds. The Morgan fingerprint density at radius 3 is 2.42 bits per heavy atom. The van der Waals surface area contributed by atoms with Gasteiger partial charge in [0.05, 0.1) is 5.69 Å². The van der Waals surface area contributed by atoms with Gasteiger partial charge in [-0.1, -0.05) is 6.07 Å². The maximum Gasteiger partial charge on any atom is 0.586 e. The van der Waals surface area contributed by atoms with Crippen LogP contribution in [-0.4, -0.2) is 64.2 Å². The number of ether oxygens (including phenoxy) is 2. The Labute approximate surface area is 189 Å². The normalized spacial score (nSPS) is 17.5. The third-order valence-corrected chi connectivity index (χ3v) is 5.36. The van der Waals surface area contributed by atoms with Crippen LogP contribution in [0.2, 0.25) is 0 Å². The lowest BCUT2D eigenvalue weighted by Gasteiger charge is -2.34. The van der Waals surface area contributed by atoms with Crippen LogP contribution in [0.3, 0.4) is 0 Å². The van der Waals surface area contributed by atoms with Gasteiger partial charge in [0.15, 0.2) is 11.5 Å². The highest BCUT2D eigenvalue weighted by molar-refractivity contribution is 5.95. The quantitative estimate of drug-likeness (QED) is 0.707. The van der Waals surface area contributed by atoms with Gasteiger partial charge in [-0.15, -0.1) is 8.78 Å². The average Bonchev–Trinajstić information content (AvgIpc) is 3.09. The number of pyridine rings is 1. The molecular formula is C23H23F2N3O5. The summed E-state index contributed by atoms with van der Waals surface area (Å²) in [5.74, 6) is -0.597. The molecule has 1 fully saturated rings. The lowest BCUT2D eigenvalue weighted by atomic mass is 10.0. The third-order valence-electron chi connectivity index (χ3n) is 5.36. The van der Waals surface area contributed by atoms with Gasteiger partial charge in [0.2, 0.25) is 5.91 Å². The van der Waals surface area contributed by atoms with Crippen molar-refractivity contribution in [1.29, 1.82) is 0 Å². The zero-order chi connectivity index (χ0) is 23.8. The number of amides is 2. The highest BCUT2D eigenvalue weighted by Gasteiger charge is 2.43. The van der Waals surface area contributed by atoms with Crippen LogP contribution in [-0.2, 0) is 10.4 Å². The number of aromatic nitrogens is 1. The number of carbonyl (C=O) groups excluding carboxylic acids is 2. The van der Waals surface area contributed by atoms with Gasteiger partial charge in [-0.25, -0.2) is 0 Å². The van der Waals surface area contributed by atoms with Crippen molar-refractivity contribution in [2.24, 2.45) is 0 Å². The molecule has 8 nitrogen and oxygen atoms in total. The van der Waals surface area contributed by atoms with Crippen LogP contribution < -0.4 is 9.47 Å². The first-order valence-electron chi connectivity index (χ1n) is 10.4. The van der Waals surface area contributed by atoms with Gasteiger partial charge in [-0.3, -0.25) is 14.6 Å². The van der Waals surface area contributed by atoms with E-state index in [1.54, 1.807) is 41.8 Å². The van der Waals surface area contributed by atoms with Gasteiger partial charge in [-0.05, 0) is 49.8 Å². The van der Waals surface area contributed by atoms with Crippen molar-refractivity contribution >= 4 is 17.9 Å². The molecule has 0 bridgehead atoms. The van der Waals surface area contributed by atoms with E-state index in [9.17, 15) is 23.5 Å². The lowest BCUT2D eigenvalue weighted by Crippen LogP contribution is -2.50. The van der Waals surface area contributed by atoms with Crippen LogP contribution >= 0.6 is 0 Å². The molecule has 2 aliphatic heterocycles. The van der Waals surface area contributed by atoms with E-state index in [1.807, 2.05) is 0 Å². The molecule has 0 radical (unpaired) electrons. The maximum atomic E-state index is 13.1. The van der Waals surface area contributed by atoms with Crippen molar-refractivity contribution in [3.63, 3.8) is 0 Å². The molecule has 0 aliphatic carbocycles. The molecule has 0 saturated carbocycles. The van der Waals surface area contributed by atoms with Crippen molar-refractivity contribution in [3.8, 4) is 11.5 Å². The van der Waals surface area contributed by atoms with E-state index in [-0.39, 0.29) is 23.3 Å². The van der Waals surface area contributed by atoms with Gasteiger partial charge in [0.1, 0.15) is 5.60 Å². The third kappa shape index (κ3) is 5.11. The first-order chi connectivity index (χ1) is 15.5. The molecule has 1 aromatic carbocycles. The summed E-state index contributed by atoms with van der Waals surface area (Å²) in [6, 6.07) is 7.43. The van der Waals surface area contributed by atoms with E-state index in [0.29, 0.717) is 43.0 Å². The molecule has 3 heterocycles. The number of aliphatic hydroxyl groups is 1. The molecule has 2 aromatic rings. The van der Waals surface area contributed by atoms with E-state index < -0.39 is 11.9 Å². The number of carbonyl (C=O) groups is 2. The largest absolute Gasteiger partial charge is 0.586 e. The summed E-state index contributed by atoms with van der Waals surface area (Å²) < 4.78 is 35.0. The van der Waals surface area contributed by atoms with Crippen molar-refractivity contribution in [2.45, 2.75) is 25.7 Å². The fourth-order valence-corrected chi connectivity index (χ4v) is 3.55. The highest BCUT2D eigenvalue weighted by atomic mass is 19.3. The second-order valence-electron chi connectivity index (χ2n) is 8.31. The predicted molar refractivity (Wildman–Crippen MR) is 114 cm³/mol. The number of fused-ring (bicyclic) bond motifs is 1. The Bertz CT molecular complexity index is 1110. The first-order valence-corrected chi connectivity index (χ1v) is 10.4. The summed E-state index contributed by atoms with van der Waals surface area (Å²) in [6.07, 6.45) is 0.660. The molecule has 1 saturated heterocycles. The Morgan fingerprint density at radius 1 is 1.06 bits per heavy atom. The SMILES string of the molecule is CC(C)(O)c1cc(C(=O)N2CCN(C(=O)/C=C/c3ccc4c(c3)OC(F)(F)O4)CC2)ccn1. The van der Waals surface area contributed by atoms with Crippen LogP contribution in [0.25, 0.3) is 6.08 Å². The summed E-state index contributed by atoms with van der Waals surface area (Å²) in [6.45, 7) is 4.62. The number of halogens is 2. The molecule has 2 aliphatic rings. The molecule has 1 aromatic heterocycles. The Balaban J connectivity index is 1.34. The molecule has 4 rings (SSSR count). The van der Waals surface area contributed by atoms with Crippen molar-refractivity contribution in [3.05, 3.63) is 59.4 Å². The van der Waals surface area contributed by atoms with Crippen molar-refractivity contribution < 1.29 is 33.0 Å². The monoisotopic (exact) mass is 459 g/mol. The molecule has 174 valence electrons. The van der Waals surface area contributed by atoms with E-state index >= 15 is 0 Å². The molecule has 10 heteroatoms. The fourth-order valence-electron chi connectivity index (χ4n) is 3.55. The summed E-state index contributed by atoms with van der Waals surface area (Å²) in [4.78, 5) is 32.7. The Hall–Kier alpha value is -3.53. The summed E-state index contributed by atoms with van der Waals surface area (Å²) >= 11 is 0. The molecular weight excluding hydrogens is 436 g/mol. The van der Waals surface area contributed by atoms with Crippen LogP contribution in [0, 0.1) is 0 Å². The molecule has 0 spiro atoms. The minimum Gasteiger partial charge on any atom is -0.395 e. The van der Waals surface area contributed by atoms with Gasteiger partial charge < -0.3 is 24.4 Å². The average molecular weight is 459 g/mol. The molecule has 1 N–H and O–H groups in total. The molecule has 0 atom stereocenters.